The quantitative estimate of drug-likeness (QED) is 0.475. The minimum Gasteiger partial charge on any atom is -0.475 e. The minimum atomic E-state index is -5.08. The predicted octanol–water partition coefficient (Wildman–Crippen LogP) is 2.99. The molecule has 1 amide bonds. The fraction of sp³-hybridized carbons (Fsp3) is 0.455. The van der Waals surface area contributed by atoms with Gasteiger partial charge in [-0.15, -0.1) is 0 Å². The number of alkyl halides is 6. The van der Waals surface area contributed by atoms with Gasteiger partial charge < -0.3 is 24.7 Å². The van der Waals surface area contributed by atoms with Crippen LogP contribution in [-0.2, 0) is 32.2 Å². The molecule has 3 N–H and O–H groups in total. The van der Waals surface area contributed by atoms with E-state index in [9.17, 15) is 31.1 Å². The Morgan fingerprint density at radius 1 is 1.05 bits per heavy atom. The number of carboxylic acid groups (broad SMARTS) is 2. The SMILES string of the molecule is O=C(NCc1cccnc1)[C@H]1C[C@H]2[C@H](CCN2Cc2ccco2)O1.O=C(O)C(F)(F)F.O=C(O)C(F)(F)F. The average molecular weight is 555 g/mol. The van der Waals surface area contributed by atoms with Crippen LogP contribution < -0.4 is 5.32 Å². The summed E-state index contributed by atoms with van der Waals surface area (Å²) >= 11 is 0. The van der Waals surface area contributed by atoms with Gasteiger partial charge in [0.25, 0.3) is 0 Å². The van der Waals surface area contributed by atoms with Crippen molar-refractivity contribution < 1.29 is 60.1 Å². The Hall–Kier alpha value is -3.66. The van der Waals surface area contributed by atoms with E-state index in [0.717, 1.165) is 37.3 Å². The lowest BCUT2D eigenvalue weighted by Gasteiger charge is -2.21. The predicted molar refractivity (Wildman–Crippen MR) is 114 cm³/mol. The van der Waals surface area contributed by atoms with Crippen molar-refractivity contribution in [1.29, 1.82) is 0 Å². The topological polar surface area (TPSA) is 142 Å². The summed E-state index contributed by atoms with van der Waals surface area (Å²) in [6, 6.07) is 8.00. The number of aromatic nitrogens is 1. The van der Waals surface area contributed by atoms with Gasteiger partial charge in [-0.05, 0) is 30.2 Å². The van der Waals surface area contributed by atoms with Crippen molar-refractivity contribution in [2.45, 2.75) is 56.5 Å². The number of aliphatic carboxylic acids is 2. The Bertz CT molecular complexity index is 1020. The van der Waals surface area contributed by atoms with Crippen LogP contribution in [0.4, 0.5) is 26.3 Å². The van der Waals surface area contributed by atoms with Crippen molar-refractivity contribution in [3.8, 4) is 0 Å². The zero-order chi connectivity index (χ0) is 28.5. The largest absolute Gasteiger partial charge is 0.490 e. The number of nitrogens with zero attached hydrogens (tertiary/aromatic N) is 2. The first-order valence-corrected chi connectivity index (χ1v) is 10.9. The summed E-state index contributed by atoms with van der Waals surface area (Å²) in [6.07, 6.45) is -3.49. The third-order valence-corrected chi connectivity index (χ3v) is 5.30. The summed E-state index contributed by atoms with van der Waals surface area (Å²) in [6.45, 7) is 2.25. The fourth-order valence-electron chi connectivity index (χ4n) is 3.61. The number of ether oxygens (including phenoxy) is 1. The van der Waals surface area contributed by atoms with E-state index < -0.39 is 24.3 Å². The lowest BCUT2D eigenvalue weighted by Crippen LogP contribution is -2.36. The van der Waals surface area contributed by atoms with Crippen LogP contribution in [0.3, 0.4) is 0 Å². The van der Waals surface area contributed by atoms with Crippen molar-refractivity contribution in [1.82, 2.24) is 15.2 Å². The van der Waals surface area contributed by atoms with Crippen molar-refractivity contribution >= 4 is 17.8 Å². The van der Waals surface area contributed by atoms with Crippen molar-refractivity contribution in [2.24, 2.45) is 0 Å². The molecule has 2 saturated heterocycles. The number of likely N-dealkylation sites (tertiary alicyclic amines) is 1. The maximum Gasteiger partial charge on any atom is 0.490 e. The summed E-state index contributed by atoms with van der Waals surface area (Å²) in [7, 11) is 0. The molecule has 0 aromatic carbocycles. The van der Waals surface area contributed by atoms with Gasteiger partial charge in [0.05, 0.1) is 18.9 Å². The molecule has 2 aliphatic rings. The van der Waals surface area contributed by atoms with Crippen LogP contribution in [0.25, 0.3) is 0 Å². The maximum absolute atomic E-state index is 12.4. The van der Waals surface area contributed by atoms with Crippen molar-refractivity contribution in [3.05, 3.63) is 54.2 Å². The molecule has 210 valence electrons. The molecular formula is C22H23F6N3O7. The molecule has 2 aromatic rings. The number of rotatable bonds is 5. The van der Waals surface area contributed by atoms with E-state index in [-0.39, 0.29) is 18.1 Å². The van der Waals surface area contributed by atoms with Crippen molar-refractivity contribution in [3.63, 3.8) is 0 Å². The molecule has 0 unspecified atom stereocenters. The number of carbonyl (C=O) groups excluding carboxylic acids is 1. The molecular weight excluding hydrogens is 532 g/mol. The van der Waals surface area contributed by atoms with E-state index >= 15 is 0 Å². The van der Waals surface area contributed by atoms with Gasteiger partial charge in [0.1, 0.15) is 11.9 Å². The molecule has 38 heavy (non-hydrogen) atoms. The summed E-state index contributed by atoms with van der Waals surface area (Å²) < 4.78 is 74.9. The second-order valence-electron chi connectivity index (χ2n) is 7.99. The van der Waals surface area contributed by atoms with E-state index in [4.69, 9.17) is 29.0 Å². The minimum absolute atomic E-state index is 0.0359. The highest BCUT2D eigenvalue weighted by Crippen LogP contribution is 2.34. The third kappa shape index (κ3) is 9.66. The number of halogens is 6. The van der Waals surface area contributed by atoms with E-state index in [0.29, 0.717) is 12.6 Å². The highest BCUT2D eigenvalue weighted by atomic mass is 19.4. The molecule has 2 aromatic heterocycles. The third-order valence-electron chi connectivity index (χ3n) is 5.30. The molecule has 0 spiro atoms. The number of furan rings is 1. The number of fused-ring (bicyclic) bond motifs is 1. The molecule has 0 aliphatic carbocycles. The van der Waals surface area contributed by atoms with E-state index in [1.54, 1.807) is 18.7 Å². The zero-order valence-electron chi connectivity index (χ0n) is 19.4. The summed E-state index contributed by atoms with van der Waals surface area (Å²) in [5.41, 5.74) is 0.989. The first-order chi connectivity index (χ1) is 17.7. The Kier molecular flexibility index (Phi) is 10.6. The number of hydrogen-bond donors (Lipinski definition) is 3. The molecule has 2 aliphatic heterocycles. The molecule has 3 atom stereocenters. The van der Waals surface area contributed by atoms with Gasteiger partial charge in [-0.2, -0.15) is 26.3 Å². The monoisotopic (exact) mass is 555 g/mol. The van der Waals surface area contributed by atoms with Gasteiger partial charge in [0, 0.05) is 37.9 Å². The standard InChI is InChI=1S/C18H21N3O3.2C2HF3O2/c22-18(20-11-13-3-1-6-19-10-13)17-9-15-16(24-17)5-7-21(15)12-14-4-2-8-23-14;2*3-2(4,5)1(6)7/h1-4,6,8,10,15-17H,5,7,9,11-12H2,(H,20,22);2*(H,6,7)/t15-,16-,17+;;/m0../s1. The van der Waals surface area contributed by atoms with Crippen LogP contribution in [0.5, 0.6) is 0 Å². The Balaban J connectivity index is 0.000000301. The normalized spacial score (nSPS) is 20.8. The first kappa shape index (κ1) is 30.6. The molecule has 4 rings (SSSR count). The molecule has 2 fully saturated rings. The lowest BCUT2D eigenvalue weighted by atomic mass is 10.1. The first-order valence-electron chi connectivity index (χ1n) is 10.9. The molecule has 0 saturated carbocycles. The van der Waals surface area contributed by atoms with Crippen LogP contribution in [0.2, 0.25) is 0 Å². The Morgan fingerprint density at radius 3 is 2.18 bits per heavy atom. The second-order valence-corrected chi connectivity index (χ2v) is 7.99. The smallest absolute Gasteiger partial charge is 0.475 e. The van der Waals surface area contributed by atoms with Crippen LogP contribution in [0.1, 0.15) is 24.2 Å². The van der Waals surface area contributed by atoms with Gasteiger partial charge in [0.2, 0.25) is 5.91 Å². The van der Waals surface area contributed by atoms with E-state index in [1.807, 2.05) is 24.3 Å². The van der Waals surface area contributed by atoms with Crippen LogP contribution >= 0.6 is 0 Å². The molecule has 0 bridgehead atoms. The highest BCUT2D eigenvalue weighted by Gasteiger charge is 2.45. The van der Waals surface area contributed by atoms with Crippen LogP contribution in [0, 0.1) is 0 Å². The Morgan fingerprint density at radius 2 is 1.68 bits per heavy atom. The van der Waals surface area contributed by atoms with Crippen molar-refractivity contribution in [2.75, 3.05) is 6.54 Å². The second kappa shape index (κ2) is 13.2. The summed E-state index contributed by atoms with van der Waals surface area (Å²) in [4.78, 5) is 36.6. The number of carboxylic acids is 2. The number of pyridine rings is 1. The zero-order valence-corrected chi connectivity index (χ0v) is 19.4. The van der Waals surface area contributed by atoms with Gasteiger partial charge in [-0.3, -0.25) is 14.7 Å². The summed E-state index contributed by atoms with van der Waals surface area (Å²) in [5.74, 6) is -4.59. The molecule has 10 nitrogen and oxygen atoms in total. The van der Waals surface area contributed by atoms with Gasteiger partial charge >= 0.3 is 24.3 Å². The summed E-state index contributed by atoms with van der Waals surface area (Å²) in [5, 5.41) is 17.2. The van der Waals surface area contributed by atoms with Crippen LogP contribution in [-0.4, -0.2) is 75.1 Å². The maximum atomic E-state index is 12.4. The van der Waals surface area contributed by atoms with E-state index in [2.05, 4.69) is 15.2 Å². The van der Waals surface area contributed by atoms with Crippen LogP contribution in [0.15, 0.2) is 47.3 Å². The molecule has 16 heteroatoms. The fourth-order valence-corrected chi connectivity index (χ4v) is 3.61. The average Bonchev–Trinajstić information content (AvgIpc) is 3.57. The highest BCUT2D eigenvalue weighted by molar-refractivity contribution is 5.81. The molecule has 0 radical (unpaired) electrons. The van der Waals surface area contributed by atoms with Gasteiger partial charge in [0.15, 0.2) is 0 Å². The van der Waals surface area contributed by atoms with Gasteiger partial charge in [-0.25, -0.2) is 9.59 Å². The molecule has 4 heterocycles. The Labute approximate surface area is 211 Å². The lowest BCUT2D eigenvalue weighted by molar-refractivity contribution is -0.193. The number of nitrogens with one attached hydrogen (secondary N) is 1. The van der Waals surface area contributed by atoms with Gasteiger partial charge in [-0.1, -0.05) is 6.07 Å². The number of amides is 1. The number of carbonyl (C=O) groups is 3. The van der Waals surface area contributed by atoms with E-state index in [1.165, 1.54) is 0 Å². The number of hydrogen-bond acceptors (Lipinski definition) is 7.